The normalized spacial score (nSPS) is 12.9. The minimum atomic E-state index is -0.939. The maximum absolute atomic E-state index is 13.1. The van der Waals surface area contributed by atoms with Crippen molar-refractivity contribution in [1.29, 1.82) is 0 Å². The SMILES string of the molecule is COc1cccc2[nH]c(C(=O)N[C@@H](CC(C)C)C(=O)N[C@H](Cc3cccnc3)C(=O)CO)cc12. The second-order valence-electron chi connectivity index (χ2n) is 8.51. The summed E-state index contributed by atoms with van der Waals surface area (Å²) in [5.74, 6) is -0.730. The Morgan fingerprint density at radius 2 is 1.91 bits per heavy atom. The number of aliphatic hydroxyl groups is 1. The number of methoxy groups -OCH3 is 1. The van der Waals surface area contributed by atoms with Gasteiger partial charge in [0.15, 0.2) is 5.78 Å². The zero-order chi connectivity index (χ0) is 24.7. The molecule has 34 heavy (non-hydrogen) atoms. The maximum atomic E-state index is 13.1. The lowest BCUT2D eigenvalue weighted by atomic mass is 10.00. The molecule has 9 nitrogen and oxygen atoms in total. The van der Waals surface area contributed by atoms with Gasteiger partial charge in [-0.3, -0.25) is 19.4 Å². The number of Topliss-reactive ketones (excluding diaryl/α,β-unsaturated/α-hetero) is 1. The van der Waals surface area contributed by atoms with Gasteiger partial charge >= 0.3 is 0 Å². The molecule has 2 atom stereocenters. The largest absolute Gasteiger partial charge is 0.496 e. The second kappa shape index (κ2) is 11.4. The van der Waals surface area contributed by atoms with Gasteiger partial charge in [0.2, 0.25) is 5.91 Å². The topological polar surface area (TPSA) is 133 Å². The first-order valence-electron chi connectivity index (χ1n) is 11.1. The Morgan fingerprint density at radius 1 is 1.12 bits per heavy atom. The van der Waals surface area contributed by atoms with Crippen molar-refractivity contribution in [2.75, 3.05) is 13.7 Å². The lowest BCUT2D eigenvalue weighted by Gasteiger charge is -2.23. The quantitative estimate of drug-likeness (QED) is 0.342. The number of aromatic amines is 1. The number of rotatable bonds is 11. The summed E-state index contributed by atoms with van der Waals surface area (Å²) < 4.78 is 5.35. The van der Waals surface area contributed by atoms with Crippen LogP contribution in [0.15, 0.2) is 48.8 Å². The van der Waals surface area contributed by atoms with Gasteiger partial charge in [-0.15, -0.1) is 0 Å². The molecule has 0 unspecified atom stereocenters. The molecule has 0 aliphatic rings. The summed E-state index contributed by atoms with van der Waals surface area (Å²) in [6.07, 6.45) is 3.76. The fourth-order valence-electron chi connectivity index (χ4n) is 3.75. The summed E-state index contributed by atoms with van der Waals surface area (Å²) >= 11 is 0. The molecular weight excluding hydrogens is 436 g/mol. The van der Waals surface area contributed by atoms with E-state index in [0.717, 1.165) is 16.5 Å². The minimum absolute atomic E-state index is 0.101. The van der Waals surface area contributed by atoms with Crippen LogP contribution in [0.3, 0.4) is 0 Å². The number of aromatic nitrogens is 2. The van der Waals surface area contributed by atoms with Gasteiger partial charge in [0, 0.05) is 29.7 Å². The fraction of sp³-hybridized carbons (Fsp3) is 0.360. The number of ether oxygens (including phenoxy) is 1. The minimum Gasteiger partial charge on any atom is -0.496 e. The highest BCUT2D eigenvalue weighted by Crippen LogP contribution is 2.26. The number of fused-ring (bicyclic) bond motifs is 1. The van der Waals surface area contributed by atoms with Crippen LogP contribution in [0.4, 0.5) is 0 Å². The number of carbonyl (C=O) groups excluding carboxylic acids is 3. The van der Waals surface area contributed by atoms with Crippen LogP contribution >= 0.6 is 0 Å². The predicted octanol–water partition coefficient (Wildman–Crippen LogP) is 2.00. The molecular formula is C25H30N4O5. The summed E-state index contributed by atoms with van der Waals surface area (Å²) in [6, 6.07) is 8.82. The molecule has 2 amide bonds. The van der Waals surface area contributed by atoms with Crippen molar-refractivity contribution in [2.45, 2.75) is 38.8 Å². The number of ketones is 1. The van der Waals surface area contributed by atoms with Crippen LogP contribution in [0, 0.1) is 5.92 Å². The van der Waals surface area contributed by atoms with Crippen molar-refractivity contribution in [2.24, 2.45) is 5.92 Å². The van der Waals surface area contributed by atoms with Gasteiger partial charge in [-0.2, -0.15) is 0 Å². The van der Waals surface area contributed by atoms with Crippen LogP contribution < -0.4 is 15.4 Å². The number of benzene rings is 1. The van der Waals surface area contributed by atoms with Crippen LogP contribution in [0.1, 0.15) is 36.3 Å². The van der Waals surface area contributed by atoms with Gasteiger partial charge in [0.1, 0.15) is 24.1 Å². The molecule has 0 saturated carbocycles. The Morgan fingerprint density at radius 3 is 2.56 bits per heavy atom. The average Bonchev–Trinajstić information content (AvgIpc) is 3.27. The van der Waals surface area contributed by atoms with Gasteiger partial charge < -0.3 is 25.5 Å². The zero-order valence-corrected chi connectivity index (χ0v) is 19.5. The van der Waals surface area contributed by atoms with Crippen molar-refractivity contribution < 1.29 is 24.2 Å². The van der Waals surface area contributed by atoms with Crippen LogP contribution in [-0.2, 0) is 16.0 Å². The molecule has 180 valence electrons. The number of nitrogens with zero attached hydrogens (tertiary/aromatic N) is 1. The van der Waals surface area contributed by atoms with E-state index in [1.807, 2.05) is 26.0 Å². The van der Waals surface area contributed by atoms with Crippen molar-refractivity contribution >= 4 is 28.5 Å². The van der Waals surface area contributed by atoms with E-state index >= 15 is 0 Å². The van der Waals surface area contributed by atoms with Crippen molar-refractivity contribution in [1.82, 2.24) is 20.6 Å². The molecule has 1 aromatic carbocycles. The predicted molar refractivity (Wildman–Crippen MR) is 128 cm³/mol. The van der Waals surface area contributed by atoms with Gasteiger partial charge in [0.25, 0.3) is 5.91 Å². The number of aliphatic hydroxyl groups excluding tert-OH is 1. The molecule has 3 rings (SSSR count). The van der Waals surface area contributed by atoms with E-state index in [9.17, 15) is 19.5 Å². The molecule has 0 aliphatic carbocycles. The molecule has 0 aliphatic heterocycles. The third-order valence-electron chi connectivity index (χ3n) is 5.44. The van der Waals surface area contributed by atoms with E-state index in [1.165, 1.54) is 0 Å². The number of hydrogen-bond acceptors (Lipinski definition) is 6. The zero-order valence-electron chi connectivity index (χ0n) is 19.5. The van der Waals surface area contributed by atoms with Crippen LogP contribution in [0.5, 0.6) is 5.75 Å². The third kappa shape index (κ3) is 6.20. The smallest absolute Gasteiger partial charge is 0.268 e. The van der Waals surface area contributed by atoms with E-state index in [0.29, 0.717) is 17.9 Å². The van der Waals surface area contributed by atoms with Gasteiger partial charge in [-0.1, -0.05) is 26.0 Å². The Bertz CT molecular complexity index is 1140. The van der Waals surface area contributed by atoms with E-state index in [4.69, 9.17) is 4.74 Å². The van der Waals surface area contributed by atoms with Crippen molar-refractivity contribution in [3.63, 3.8) is 0 Å². The van der Waals surface area contributed by atoms with Gasteiger partial charge in [0.05, 0.1) is 13.2 Å². The van der Waals surface area contributed by atoms with E-state index in [-0.39, 0.29) is 12.3 Å². The second-order valence-corrected chi connectivity index (χ2v) is 8.51. The van der Waals surface area contributed by atoms with E-state index < -0.39 is 36.3 Å². The molecule has 0 saturated heterocycles. The first kappa shape index (κ1) is 24.9. The molecule has 0 spiro atoms. The lowest BCUT2D eigenvalue weighted by Crippen LogP contribution is -2.53. The first-order chi connectivity index (χ1) is 16.3. The van der Waals surface area contributed by atoms with Gasteiger partial charge in [-0.05, 0) is 42.2 Å². The number of amides is 2. The highest BCUT2D eigenvalue weighted by Gasteiger charge is 2.28. The van der Waals surface area contributed by atoms with Crippen molar-refractivity contribution in [3.05, 3.63) is 60.0 Å². The lowest BCUT2D eigenvalue weighted by molar-refractivity contribution is -0.130. The molecule has 3 aromatic rings. The summed E-state index contributed by atoms with van der Waals surface area (Å²) in [5.41, 5.74) is 1.77. The number of H-pyrrole nitrogens is 1. The molecule has 2 aromatic heterocycles. The number of pyridine rings is 1. The summed E-state index contributed by atoms with van der Waals surface area (Å²) in [7, 11) is 1.56. The maximum Gasteiger partial charge on any atom is 0.268 e. The fourth-order valence-corrected chi connectivity index (χ4v) is 3.75. The first-order valence-corrected chi connectivity index (χ1v) is 11.1. The number of hydrogen-bond donors (Lipinski definition) is 4. The molecule has 4 N–H and O–H groups in total. The van der Waals surface area contributed by atoms with Crippen LogP contribution in [-0.4, -0.2) is 58.5 Å². The molecule has 2 heterocycles. The third-order valence-corrected chi connectivity index (χ3v) is 5.44. The standard InChI is InChI=1S/C25H30N4O5/c1-15(2)10-20(24(32)28-19(22(31)14-30)11-16-6-5-9-26-13-16)29-25(33)21-12-17-18(27-21)7-4-8-23(17)34-3/h4-9,12-13,15,19-20,27,30H,10-11,14H2,1-3H3,(H,28,32)(H,29,33)/t19-,20+/m1/s1. The number of nitrogens with one attached hydrogen (secondary N) is 3. The van der Waals surface area contributed by atoms with Gasteiger partial charge in [-0.25, -0.2) is 0 Å². The van der Waals surface area contributed by atoms with Crippen LogP contribution in [0.25, 0.3) is 10.9 Å². The Hall–Kier alpha value is -3.72. The molecule has 0 fully saturated rings. The Kier molecular flexibility index (Phi) is 8.37. The highest BCUT2D eigenvalue weighted by molar-refractivity contribution is 6.02. The monoisotopic (exact) mass is 466 g/mol. The van der Waals surface area contributed by atoms with E-state index in [1.54, 1.807) is 43.8 Å². The Balaban J connectivity index is 1.77. The highest BCUT2D eigenvalue weighted by atomic mass is 16.5. The summed E-state index contributed by atoms with van der Waals surface area (Å²) in [6.45, 7) is 3.17. The summed E-state index contributed by atoms with van der Waals surface area (Å²) in [4.78, 5) is 45.5. The average molecular weight is 467 g/mol. The van der Waals surface area contributed by atoms with E-state index in [2.05, 4.69) is 20.6 Å². The molecule has 0 bridgehead atoms. The summed E-state index contributed by atoms with van der Waals surface area (Å²) in [5, 5.41) is 15.6. The molecule has 9 heteroatoms. The Labute approximate surface area is 197 Å². The molecule has 0 radical (unpaired) electrons. The van der Waals surface area contributed by atoms with Crippen LogP contribution in [0.2, 0.25) is 0 Å². The van der Waals surface area contributed by atoms with Crippen molar-refractivity contribution in [3.8, 4) is 5.75 Å². The number of carbonyl (C=O) groups is 3.